The lowest BCUT2D eigenvalue weighted by Crippen LogP contribution is -2.38. The van der Waals surface area contributed by atoms with Gasteiger partial charge in [0.2, 0.25) is 0 Å². The quantitative estimate of drug-likeness (QED) is 0.295. The van der Waals surface area contributed by atoms with Gasteiger partial charge in [-0.15, -0.1) is 0 Å². The van der Waals surface area contributed by atoms with Crippen molar-refractivity contribution in [3.8, 4) is 0 Å². The maximum absolute atomic E-state index is 12.2. The van der Waals surface area contributed by atoms with Crippen molar-refractivity contribution < 1.29 is 14.3 Å². The molecule has 0 radical (unpaired) electrons. The number of carbonyl (C=O) groups excluding carboxylic acids is 1. The summed E-state index contributed by atoms with van der Waals surface area (Å²) < 4.78 is 13.7. The van der Waals surface area contributed by atoms with Crippen LogP contribution in [0.5, 0.6) is 0 Å². The molecule has 0 bridgehead atoms. The maximum atomic E-state index is 12.2. The molecule has 1 saturated heterocycles. The molecular formula is C24H42IN4O3P. The Morgan fingerprint density at radius 2 is 1.97 bits per heavy atom. The number of ether oxygens (including phenoxy) is 2. The zero-order valence-electron chi connectivity index (χ0n) is 21.4. The monoisotopic (exact) mass is 592 g/mol. The van der Waals surface area contributed by atoms with Crippen molar-refractivity contribution in [3.63, 3.8) is 0 Å². The minimum Gasteiger partial charge on any atom is -0.444 e. The Hall–Kier alpha value is -0.440. The molecule has 1 spiro atoms. The number of hydrogen-bond acceptors (Lipinski definition) is 5. The second-order valence-corrected chi connectivity index (χ2v) is 13.8. The lowest BCUT2D eigenvalue weighted by molar-refractivity contribution is 0.0278. The highest BCUT2D eigenvalue weighted by Gasteiger charge is 2.46. The summed E-state index contributed by atoms with van der Waals surface area (Å²) in [4.78, 5) is 16.2. The number of carbonyl (C=O) groups is 1. The summed E-state index contributed by atoms with van der Waals surface area (Å²) in [6.45, 7) is 13.3. The Bertz CT molecular complexity index is 815. The van der Waals surface area contributed by atoms with Crippen LogP contribution in [0.3, 0.4) is 0 Å². The molecule has 2 heterocycles. The van der Waals surface area contributed by atoms with Crippen molar-refractivity contribution in [1.82, 2.24) is 19.4 Å². The highest BCUT2D eigenvalue weighted by molar-refractivity contribution is 14.2. The zero-order chi connectivity index (χ0) is 24.4. The van der Waals surface area contributed by atoms with E-state index in [0.29, 0.717) is 24.3 Å². The SMILES string of the molecule is CN(CCN(C)C(=O)OC(C)(C)C)Cc1cn(PI)nc1C1CCC2(CC1)COC(C)(C)C2. The van der Waals surface area contributed by atoms with E-state index in [-0.39, 0.29) is 11.7 Å². The molecule has 0 N–H and O–H groups in total. The second-order valence-electron chi connectivity index (χ2n) is 11.7. The molecule has 1 saturated carbocycles. The van der Waals surface area contributed by atoms with E-state index in [2.05, 4.69) is 58.5 Å². The van der Waals surface area contributed by atoms with Gasteiger partial charge in [0.05, 0.1) is 24.3 Å². The summed E-state index contributed by atoms with van der Waals surface area (Å²) in [5, 5.41) is 4.99. The van der Waals surface area contributed by atoms with Gasteiger partial charge in [-0.1, -0.05) is 0 Å². The first-order valence-corrected chi connectivity index (χ1v) is 16.1. The van der Waals surface area contributed by atoms with E-state index in [1.54, 1.807) is 11.9 Å². The average molecular weight is 593 g/mol. The van der Waals surface area contributed by atoms with Crippen LogP contribution in [0, 0.1) is 5.41 Å². The van der Waals surface area contributed by atoms with E-state index in [0.717, 1.165) is 19.7 Å². The molecule has 1 aliphatic carbocycles. The van der Waals surface area contributed by atoms with Gasteiger partial charge in [-0.25, -0.2) is 9.25 Å². The number of rotatable bonds is 7. The van der Waals surface area contributed by atoms with Crippen molar-refractivity contribution in [3.05, 3.63) is 17.5 Å². The lowest BCUT2D eigenvalue weighted by Gasteiger charge is -2.36. The fourth-order valence-electron chi connectivity index (χ4n) is 5.23. The summed E-state index contributed by atoms with van der Waals surface area (Å²) in [6.07, 6.45) is 8.58. The summed E-state index contributed by atoms with van der Waals surface area (Å²) in [6, 6.07) is 0. The van der Waals surface area contributed by atoms with Crippen LogP contribution in [0.4, 0.5) is 4.79 Å². The van der Waals surface area contributed by atoms with Crippen molar-refractivity contribution in [2.45, 2.75) is 90.4 Å². The van der Waals surface area contributed by atoms with Crippen LogP contribution < -0.4 is 0 Å². The molecule has 1 aromatic rings. The van der Waals surface area contributed by atoms with Crippen LogP contribution in [-0.2, 0) is 16.0 Å². The van der Waals surface area contributed by atoms with E-state index in [9.17, 15) is 4.79 Å². The van der Waals surface area contributed by atoms with Gasteiger partial charge in [-0.3, -0.25) is 0 Å². The van der Waals surface area contributed by atoms with Crippen LogP contribution in [0.1, 0.15) is 83.9 Å². The molecule has 1 aromatic heterocycles. The molecule has 3 rings (SSSR count). The minimum absolute atomic E-state index is 0.0249. The van der Waals surface area contributed by atoms with E-state index in [1.165, 1.54) is 43.4 Å². The van der Waals surface area contributed by atoms with Crippen LogP contribution in [-0.4, -0.2) is 70.4 Å². The predicted molar refractivity (Wildman–Crippen MR) is 143 cm³/mol. The summed E-state index contributed by atoms with van der Waals surface area (Å²) in [7, 11) is 3.92. The molecule has 0 aromatic carbocycles. The van der Waals surface area contributed by atoms with Gasteiger partial charge in [-0.2, -0.15) is 5.10 Å². The molecule has 1 aliphatic heterocycles. The maximum Gasteiger partial charge on any atom is 0.410 e. The Labute approximate surface area is 214 Å². The minimum atomic E-state index is -0.472. The molecule has 2 fully saturated rings. The topological polar surface area (TPSA) is 59.8 Å². The molecule has 1 unspecified atom stereocenters. The molecule has 188 valence electrons. The highest BCUT2D eigenvalue weighted by Crippen LogP contribution is 2.52. The smallest absolute Gasteiger partial charge is 0.410 e. The zero-order valence-corrected chi connectivity index (χ0v) is 24.6. The van der Waals surface area contributed by atoms with Crippen LogP contribution >= 0.6 is 28.4 Å². The summed E-state index contributed by atoms with van der Waals surface area (Å²) in [5.41, 5.74) is 2.53. The van der Waals surface area contributed by atoms with Gasteiger partial charge in [0.25, 0.3) is 0 Å². The van der Waals surface area contributed by atoms with Crippen LogP contribution in [0.15, 0.2) is 6.20 Å². The van der Waals surface area contributed by atoms with Crippen molar-refractivity contribution in [1.29, 1.82) is 0 Å². The average Bonchev–Trinajstić information content (AvgIpc) is 3.25. The largest absolute Gasteiger partial charge is 0.444 e. The fraction of sp³-hybridized carbons (Fsp3) is 0.833. The molecular weight excluding hydrogens is 550 g/mol. The van der Waals surface area contributed by atoms with Crippen LogP contribution in [0.2, 0.25) is 0 Å². The van der Waals surface area contributed by atoms with E-state index in [1.807, 2.05) is 20.8 Å². The van der Waals surface area contributed by atoms with Crippen molar-refractivity contribution in [2.75, 3.05) is 33.8 Å². The fourth-order valence-corrected chi connectivity index (χ4v) is 6.32. The third-order valence-electron chi connectivity index (χ3n) is 6.87. The van der Waals surface area contributed by atoms with Crippen molar-refractivity contribution >= 4 is 34.5 Å². The molecule has 9 heteroatoms. The Kier molecular flexibility index (Phi) is 8.78. The van der Waals surface area contributed by atoms with Crippen LogP contribution in [0.25, 0.3) is 0 Å². The first-order chi connectivity index (χ1) is 15.3. The molecule has 33 heavy (non-hydrogen) atoms. The van der Waals surface area contributed by atoms with Gasteiger partial charge < -0.3 is 19.3 Å². The van der Waals surface area contributed by atoms with E-state index in [4.69, 9.17) is 14.6 Å². The third kappa shape index (κ3) is 7.52. The molecule has 2 aliphatic rings. The molecule has 1 atom stereocenters. The Morgan fingerprint density at radius 1 is 1.30 bits per heavy atom. The highest BCUT2D eigenvalue weighted by atomic mass is 127. The summed E-state index contributed by atoms with van der Waals surface area (Å²) in [5.74, 6) is 0.529. The Balaban J connectivity index is 1.57. The second kappa shape index (κ2) is 10.7. The number of nitrogens with zero attached hydrogens (tertiary/aromatic N) is 4. The van der Waals surface area contributed by atoms with Gasteiger partial charge in [0.1, 0.15) is 5.60 Å². The number of hydrogen-bond donors (Lipinski definition) is 0. The van der Waals surface area contributed by atoms with Gasteiger partial charge in [0, 0.05) is 44.4 Å². The van der Waals surface area contributed by atoms with E-state index < -0.39 is 5.60 Å². The first kappa shape index (κ1) is 27.2. The van der Waals surface area contributed by atoms with Gasteiger partial charge >= 0.3 is 6.09 Å². The molecule has 1 amide bonds. The number of aromatic nitrogens is 2. The summed E-state index contributed by atoms with van der Waals surface area (Å²) >= 11 is 2.40. The van der Waals surface area contributed by atoms with Gasteiger partial charge in [0.15, 0.2) is 0 Å². The van der Waals surface area contributed by atoms with Crippen molar-refractivity contribution in [2.24, 2.45) is 5.41 Å². The third-order valence-corrected chi connectivity index (χ3v) is 8.76. The van der Waals surface area contributed by atoms with Gasteiger partial charge in [-0.05, 0) is 101 Å². The number of likely N-dealkylation sites (N-methyl/N-ethyl adjacent to an activating group) is 2. The Morgan fingerprint density at radius 3 is 2.52 bits per heavy atom. The standard InChI is InChI=1S/C24H42IN4O3P/c1-22(2,3)32-21(30)28(7)13-12-27(6)14-19-15-29(33-25)26-20(19)18-8-10-24(11-9-18)16-23(4,5)31-17-24/h15,18,33H,8-14,16-17H2,1-7H3. The lowest BCUT2D eigenvalue weighted by atomic mass is 9.67. The predicted octanol–water partition coefficient (Wildman–Crippen LogP) is 5.82. The normalized spacial score (nSPS) is 25.4. The molecule has 7 nitrogen and oxygen atoms in total. The number of halogens is 1. The first-order valence-electron chi connectivity index (χ1n) is 12.0. The van der Waals surface area contributed by atoms with E-state index >= 15 is 0 Å². The number of amides is 1.